The van der Waals surface area contributed by atoms with E-state index in [0.29, 0.717) is 17.9 Å². The third-order valence-corrected chi connectivity index (χ3v) is 3.43. The second kappa shape index (κ2) is 7.58. The first kappa shape index (κ1) is 16.7. The van der Waals surface area contributed by atoms with E-state index in [1.54, 1.807) is 13.0 Å². The topological polar surface area (TPSA) is 81.4 Å². The lowest BCUT2D eigenvalue weighted by Gasteiger charge is -2.07. The van der Waals surface area contributed by atoms with Crippen LogP contribution in [0.2, 0.25) is 0 Å². The van der Waals surface area contributed by atoms with Crippen LogP contribution in [0.15, 0.2) is 28.8 Å². The number of nitrogens with zero attached hydrogens (tertiary/aromatic N) is 1. The Morgan fingerprint density at radius 3 is 2.70 bits per heavy atom. The van der Waals surface area contributed by atoms with Crippen molar-refractivity contribution in [3.8, 4) is 0 Å². The summed E-state index contributed by atoms with van der Waals surface area (Å²) in [6.07, 6.45) is 0.667. The van der Waals surface area contributed by atoms with Crippen LogP contribution in [0.25, 0.3) is 0 Å². The lowest BCUT2D eigenvalue weighted by atomic mass is 10.1. The average Bonchev–Trinajstić information content (AvgIpc) is 2.82. The normalized spacial score (nSPS) is 10.4. The predicted octanol–water partition coefficient (Wildman–Crippen LogP) is 2.71. The first-order valence-corrected chi connectivity index (χ1v) is 7.39. The second-order valence-electron chi connectivity index (χ2n) is 5.38. The average molecular weight is 316 g/mol. The highest BCUT2D eigenvalue weighted by atomic mass is 16.5. The molecular weight excluding hydrogens is 296 g/mol. The number of esters is 1. The van der Waals surface area contributed by atoms with Crippen LogP contribution in [0.1, 0.15) is 29.0 Å². The van der Waals surface area contributed by atoms with Crippen LogP contribution < -0.4 is 5.32 Å². The maximum absolute atomic E-state index is 11.8. The molecule has 1 aromatic carbocycles. The molecule has 2 aromatic rings. The van der Waals surface area contributed by atoms with Gasteiger partial charge in [-0.1, -0.05) is 17.3 Å². The molecule has 0 atom stereocenters. The van der Waals surface area contributed by atoms with E-state index >= 15 is 0 Å². The summed E-state index contributed by atoms with van der Waals surface area (Å²) >= 11 is 0. The van der Waals surface area contributed by atoms with Gasteiger partial charge in [0, 0.05) is 17.7 Å². The van der Waals surface area contributed by atoms with Gasteiger partial charge in [0.1, 0.15) is 5.76 Å². The van der Waals surface area contributed by atoms with Gasteiger partial charge in [-0.15, -0.1) is 0 Å². The highest BCUT2D eigenvalue weighted by Gasteiger charge is 2.13. The summed E-state index contributed by atoms with van der Waals surface area (Å²) in [5.74, 6) is -0.0850. The molecular formula is C17H20N2O4. The SMILES string of the molecule is Cc1cccc(NC(=O)COC(=O)CCc2c(C)noc2C)c1. The zero-order valence-corrected chi connectivity index (χ0v) is 13.5. The monoisotopic (exact) mass is 316 g/mol. The largest absolute Gasteiger partial charge is 0.456 e. The van der Waals surface area contributed by atoms with Gasteiger partial charge in [-0.05, 0) is 44.9 Å². The van der Waals surface area contributed by atoms with Crippen LogP contribution >= 0.6 is 0 Å². The third kappa shape index (κ3) is 4.95. The highest BCUT2D eigenvalue weighted by Crippen LogP contribution is 2.14. The van der Waals surface area contributed by atoms with E-state index in [4.69, 9.17) is 9.26 Å². The fraction of sp³-hybridized carbons (Fsp3) is 0.353. The Morgan fingerprint density at radius 2 is 2.04 bits per heavy atom. The molecule has 1 heterocycles. The number of nitrogens with one attached hydrogen (secondary N) is 1. The Hall–Kier alpha value is -2.63. The van der Waals surface area contributed by atoms with Crippen molar-refractivity contribution in [1.29, 1.82) is 0 Å². The molecule has 0 aliphatic heterocycles. The maximum atomic E-state index is 11.8. The highest BCUT2D eigenvalue weighted by molar-refractivity contribution is 5.92. The van der Waals surface area contributed by atoms with Crippen molar-refractivity contribution in [2.24, 2.45) is 0 Å². The fourth-order valence-corrected chi connectivity index (χ4v) is 2.22. The molecule has 0 radical (unpaired) electrons. The molecule has 0 saturated carbocycles. The van der Waals surface area contributed by atoms with Crippen LogP contribution in [-0.2, 0) is 20.7 Å². The number of aromatic nitrogens is 1. The molecule has 0 aliphatic rings. The van der Waals surface area contributed by atoms with Crippen molar-refractivity contribution in [3.05, 3.63) is 46.8 Å². The van der Waals surface area contributed by atoms with Crippen LogP contribution in [0.3, 0.4) is 0 Å². The van der Waals surface area contributed by atoms with Crippen molar-refractivity contribution in [1.82, 2.24) is 5.16 Å². The zero-order valence-electron chi connectivity index (χ0n) is 13.5. The molecule has 0 saturated heterocycles. The number of anilines is 1. The van der Waals surface area contributed by atoms with Gasteiger partial charge < -0.3 is 14.6 Å². The summed E-state index contributed by atoms with van der Waals surface area (Å²) in [7, 11) is 0. The van der Waals surface area contributed by atoms with Gasteiger partial charge in [0.25, 0.3) is 5.91 Å². The molecule has 1 aromatic heterocycles. The second-order valence-corrected chi connectivity index (χ2v) is 5.38. The number of amides is 1. The number of aryl methyl sites for hydroxylation is 3. The maximum Gasteiger partial charge on any atom is 0.306 e. The molecule has 6 heteroatoms. The van der Waals surface area contributed by atoms with Gasteiger partial charge in [0.15, 0.2) is 6.61 Å². The van der Waals surface area contributed by atoms with Crippen LogP contribution in [-0.4, -0.2) is 23.6 Å². The van der Waals surface area contributed by atoms with Crippen LogP contribution in [0, 0.1) is 20.8 Å². The third-order valence-electron chi connectivity index (χ3n) is 3.43. The number of ether oxygens (including phenoxy) is 1. The Morgan fingerprint density at radius 1 is 1.26 bits per heavy atom. The molecule has 0 fully saturated rings. The minimum atomic E-state index is -0.426. The molecule has 0 unspecified atom stereocenters. The summed E-state index contributed by atoms with van der Waals surface area (Å²) in [5.41, 5.74) is 3.40. The van der Waals surface area contributed by atoms with Crippen LogP contribution in [0.4, 0.5) is 5.69 Å². The summed E-state index contributed by atoms with van der Waals surface area (Å²) in [6, 6.07) is 7.41. The Balaban J connectivity index is 1.75. The van der Waals surface area contributed by atoms with E-state index in [2.05, 4.69) is 10.5 Å². The number of hydrogen-bond acceptors (Lipinski definition) is 5. The number of hydrogen-bond donors (Lipinski definition) is 1. The van der Waals surface area contributed by atoms with Crippen molar-refractivity contribution in [3.63, 3.8) is 0 Å². The number of rotatable bonds is 6. The Bertz CT molecular complexity index is 687. The first-order valence-electron chi connectivity index (χ1n) is 7.39. The lowest BCUT2D eigenvalue weighted by molar-refractivity contribution is -0.147. The van der Waals surface area contributed by atoms with Gasteiger partial charge >= 0.3 is 5.97 Å². The van der Waals surface area contributed by atoms with Gasteiger partial charge in [-0.25, -0.2) is 0 Å². The molecule has 2 rings (SSSR count). The number of carbonyl (C=O) groups is 2. The van der Waals surface area contributed by atoms with E-state index < -0.39 is 5.97 Å². The van der Waals surface area contributed by atoms with Gasteiger partial charge in [0.2, 0.25) is 0 Å². The van der Waals surface area contributed by atoms with E-state index in [9.17, 15) is 9.59 Å². The standard InChI is InChI=1S/C17H20N2O4/c1-11-5-4-6-14(9-11)18-16(20)10-22-17(21)8-7-15-12(2)19-23-13(15)3/h4-6,9H,7-8,10H2,1-3H3,(H,18,20). The predicted molar refractivity (Wildman–Crippen MR) is 85.1 cm³/mol. The Kier molecular flexibility index (Phi) is 5.51. The molecule has 1 N–H and O–H groups in total. The quantitative estimate of drug-likeness (QED) is 0.829. The van der Waals surface area contributed by atoms with Gasteiger partial charge in [0.05, 0.1) is 5.69 Å². The molecule has 6 nitrogen and oxygen atoms in total. The minimum Gasteiger partial charge on any atom is -0.456 e. The summed E-state index contributed by atoms with van der Waals surface area (Å²) in [5, 5.41) is 6.52. The zero-order chi connectivity index (χ0) is 16.8. The number of benzene rings is 1. The van der Waals surface area contributed by atoms with Crippen molar-refractivity contribution >= 4 is 17.6 Å². The summed E-state index contributed by atoms with van der Waals surface area (Å²) in [4.78, 5) is 23.5. The van der Waals surface area contributed by atoms with Gasteiger partial charge in [-0.3, -0.25) is 9.59 Å². The lowest BCUT2D eigenvalue weighted by Crippen LogP contribution is -2.21. The Labute approximate surface area is 134 Å². The minimum absolute atomic E-state index is 0.181. The van der Waals surface area contributed by atoms with Gasteiger partial charge in [-0.2, -0.15) is 0 Å². The molecule has 23 heavy (non-hydrogen) atoms. The number of carbonyl (C=O) groups excluding carboxylic acids is 2. The van der Waals surface area contributed by atoms with Crippen molar-refractivity contribution in [2.45, 2.75) is 33.6 Å². The van der Waals surface area contributed by atoms with E-state index in [-0.39, 0.29) is 18.9 Å². The van der Waals surface area contributed by atoms with Crippen molar-refractivity contribution in [2.75, 3.05) is 11.9 Å². The first-order chi connectivity index (χ1) is 11.0. The summed E-state index contributed by atoms with van der Waals surface area (Å²) < 4.78 is 10.0. The fourth-order valence-electron chi connectivity index (χ4n) is 2.22. The molecule has 0 spiro atoms. The van der Waals surface area contributed by atoms with E-state index in [1.807, 2.05) is 32.0 Å². The molecule has 0 aliphatic carbocycles. The molecule has 1 amide bonds. The van der Waals surface area contributed by atoms with Crippen LogP contribution in [0.5, 0.6) is 0 Å². The van der Waals surface area contributed by atoms with E-state index in [1.165, 1.54) is 0 Å². The van der Waals surface area contributed by atoms with E-state index in [0.717, 1.165) is 16.8 Å². The summed E-state index contributed by atoms with van der Waals surface area (Å²) in [6.45, 7) is 5.27. The molecule has 122 valence electrons. The van der Waals surface area contributed by atoms with Crippen molar-refractivity contribution < 1.29 is 18.8 Å². The smallest absolute Gasteiger partial charge is 0.306 e. The molecule has 0 bridgehead atoms.